The monoisotopic (exact) mass is 302 g/mol. The molecule has 3 rings (SSSR count). The van der Waals surface area contributed by atoms with Crippen molar-refractivity contribution in [1.82, 2.24) is 14.6 Å². The van der Waals surface area contributed by atoms with E-state index in [0.717, 1.165) is 27.8 Å². The Morgan fingerprint density at radius 1 is 1.28 bits per heavy atom. The second kappa shape index (κ2) is 4.78. The fraction of sp³-hybridized carbons (Fsp3) is 0.0769. The van der Waals surface area contributed by atoms with Gasteiger partial charge in [0.25, 0.3) is 0 Å². The van der Waals surface area contributed by atoms with Crippen LogP contribution in [0.3, 0.4) is 0 Å². The molecule has 5 heteroatoms. The van der Waals surface area contributed by atoms with Crippen molar-refractivity contribution in [3.63, 3.8) is 0 Å². The van der Waals surface area contributed by atoms with Crippen molar-refractivity contribution >= 4 is 27.1 Å². The molecule has 3 heterocycles. The fourth-order valence-electron chi connectivity index (χ4n) is 1.81. The Hall–Kier alpha value is -1.88. The van der Waals surface area contributed by atoms with Gasteiger partial charge < -0.3 is 5.32 Å². The summed E-state index contributed by atoms with van der Waals surface area (Å²) in [6.07, 6.45) is 7.39. The van der Waals surface area contributed by atoms with Crippen molar-refractivity contribution < 1.29 is 0 Å². The van der Waals surface area contributed by atoms with Gasteiger partial charge in [0.1, 0.15) is 0 Å². The second-order valence-corrected chi connectivity index (χ2v) is 4.86. The maximum absolute atomic E-state index is 4.31. The van der Waals surface area contributed by atoms with Gasteiger partial charge in [0, 0.05) is 35.2 Å². The predicted octanol–water partition coefficient (Wildman–Crippen LogP) is 3.10. The van der Waals surface area contributed by atoms with Crippen LogP contribution >= 0.6 is 15.9 Å². The molecule has 18 heavy (non-hydrogen) atoms. The summed E-state index contributed by atoms with van der Waals surface area (Å²) in [5.41, 5.74) is 3.26. The smallest absolute Gasteiger partial charge is 0.0722 e. The van der Waals surface area contributed by atoms with E-state index in [-0.39, 0.29) is 0 Å². The summed E-state index contributed by atoms with van der Waals surface area (Å²) in [5, 5.41) is 7.64. The summed E-state index contributed by atoms with van der Waals surface area (Å²) < 4.78 is 2.92. The number of pyridine rings is 2. The van der Waals surface area contributed by atoms with E-state index in [1.165, 1.54) is 0 Å². The van der Waals surface area contributed by atoms with Gasteiger partial charge in [-0.3, -0.25) is 4.98 Å². The van der Waals surface area contributed by atoms with E-state index in [0.29, 0.717) is 0 Å². The summed E-state index contributed by atoms with van der Waals surface area (Å²) in [5.74, 6) is 0. The van der Waals surface area contributed by atoms with Gasteiger partial charge in [-0.05, 0) is 24.3 Å². The molecule has 0 unspecified atom stereocenters. The molecule has 0 aromatic carbocycles. The summed E-state index contributed by atoms with van der Waals surface area (Å²) in [6.45, 7) is 0.728. The number of halogens is 1. The molecule has 4 nitrogen and oxygen atoms in total. The Labute approximate surface area is 113 Å². The van der Waals surface area contributed by atoms with Gasteiger partial charge in [-0.25, -0.2) is 4.52 Å². The molecule has 0 aliphatic heterocycles. The third-order valence-electron chi connectivity index (χ3n) is 2.71. The van der Waals surface area contributed by atoms with Crippen molar-refractivity contribution in [3.8, 4) is 0 Å². The van der Waals surface area contributed by atoms with E-state index >= 15 is 0 Å². The van der Waals surface area contributed by atoms with E-state index in [1.54, 1.807) is 6.20 Å². The molecular formula is C13H11BrN4. The highest BCUT2D eigenvalue weighted by Gasteiger charge is 2.04. The van der Waals surface area contributed by atoms with Gasteiger partial charge in [0.2, 0.25) is 0 Å². The SMILES string of the molecule is Brc1ccn2ncc(CNc3cccnc3)c2c1. The number of hydrogen-bond acceptors (Lipinski definition) is 3. The van der Waals surface area contributed by atoms with Crippen LogP contribution < -0.4 is 5.32 Å². The third-order valence-corrected chi connectivity index (χ3v) is 3.20. The molecule has 3 aromatic heterocycles. The van der Waals surface area contributed by atoms with Crippen LogP contribution in [0.25, 0.3) is 5.52 Å². The molecule has 0 spiro atoms. The maximum atomic E-state index is 4.31. The van der Waals surface area contributed by atoms with Crippen molar-refractivity contribution in [1.29, 1.82) is 0 Å². The van der Waals surface area contributed by atoms with E-state index < -0.39 is 0 Å². The van der Waals surface area contributed by atoms with Crippen LogP contribution in [0.1, 0.15) is 5.56 Å². The molecule has 0 amide bonds. The zero-order valence-corrected chi connectivity index (χ0v) is 11.1. The Morgan fingerprint density at radius 3 is 3.06 bits per heavy atom. The van der Waals surface area contributed by atoms with Crippen LogP contribution in [0.4, 0.5) is 5.69 Å². The highest BCUT2D eigenvalue weighted by atomic mass is 79.9. The topological polar surface area (TPSA) is 42.2 Å². The summed E-state index contributed by atoms with van der Waals surface area (Å²) in [6, 6.07) is 7.94. The van der Waals surface area contributed by atoms with Crippen molar-refractivity contribution in [2.45, 2.75) is 6.54 Å². The summed E-state index contributed by atoms with van der Waals surface area (Å²) in [4.78, 5) is 4.07. The highest BCUT2D eigenvalue weighted by Crippen LogP contribution is 2.17. The number of aromatic nitrogens is 3. The third kappa shape index (κ3) is 2.22. The van der Waals surface area contributed by atoms with Crippen LogP contribution in [0.15, 0.2) is 53.5 Å². The van der Waals surface area contributed by atoms with E-state index in [9.17, 15) is 0 Å². The Morgan fingerprint density at radius 2 is 2.22 bits per heavy atom. The molecule has 0 aliphatic carbocycles. The first kappa shape index (κ1) is 11.2. The van der Waals surface area contributed by atoms with Gasteiger partial charge >= 0.3 is 0 Å². The minimum atomic E-state index is 0.728. The first-order valence-electron chi connectivity index (χ1n) is 5.58. The average molecular weight is 303 g/mol. The van der Waals surface area contributed by atoms with Gasteiger partial charge in [0.05, 0.1) is 17.4 Å². The van der Waals surface area contributed by atoms with Crippen LogP contribution in [0.5, 0.6) is 0 Å². The first-order valence-corrected chi connectivity index (χ1v) is 6.38. The maximum Gasteiger partial charge on any atom is 0.0722 e. The number of rotatable bonds is 3. The van der Waals surface area contributed by atoms with Crippen molar-refractivity contribution in [3.05, 3.63) is 59.1 Å². The molecule has 0 aliphatic rings. The van der Waals surface area contributed by atoms with Crippen LogP contribution in [0.2, 0.25) is 0 Å². The summed E-state index contributed by atoms with van der Waals surface area (Å²) in [7, 11) is 0. The standard InChI is InChI=1S/C13H11BrN4/c14-11-3-5-18-13(6-11)10(8-17-18)7-16-12-2-1-4-15-9-12/h1-6,8-9,16H,7H2. The van der Waals surface area contributed by atoms with Gasteiger partial charge in [0.15, 0.2) is 0 Å². The molecule has 0 saturated heterocycles. The summed E-state index contributed by atoms with van der Waals surface area (Å²) >= 11 is 3.48. The number of anilines is 1. The largest absolute Gasteiger partial charge is 0.380 e. The lowest BCUT2D eigenvalue weighted by Gasteiger charge is -2.04. The minimum Gasteiger partial charge on any atom is -0.380 e. The molecule has 1 N–H and O–H groups in total. The zero-order valence-electron chi connectivity index (χ0n) is 9.55. The van der Waals surface area contributed by atoms with E-state index in [1.807, 2.05) is 41.3 Å². The van der Waals surface area contributed by atoms with Crippen LogP contribution in [-0.4, -0.2) is 14.6 Å². The number of nitrogens with one attached hydrogen (secondary N) is 1. The lowest BCUT2D eigenvalue weighted by molar-refractivity contribution is 0.959. The first-order chi connectivity index (χ1) is 8.83. The molecule has 0 radical (unpaired) electrons. The van der Waals surface area contributed by atoms with Crippen LogP contribution in [0, 0.1) is 0 Å². The van der Waals surface area contributed by atoms with Crippen LogP contribution in [-0.2, 0) is 6.54 Å². The van der Waals surface area contributed by atoms with Crippen molar-refractivity contribution in [2.75, 3.05) is 5.32 Å². The number of fused-ring (bicyclic) bond motifs is 1. The predicted molar refractivity (Wildman–Crippen MR) is 74.5 cm³/mol. The number of hydrogen-bond donors (Lipinski definition) is 1. The minimum absolute atomic E-state index is 0.728. The molecule has 90 valence electrons. The van der Waals surface area contributed by atoms with Crippen molar-refractivity contribution in [2.24, 2.45) is 0 Å². The van der Waals surface area contributed by atoms with Gasteiger partial charge in [-0.1, -0.05) is 15.9 Å². The quantitative estimate of drug-likeness (QED) is 0.808. The lowest BCUT2D eigenvalue weighted by atomic mass is 10.2. The number of nitrogens with zero attached hydrogens (tertiary/aromatic N) is 3. The lowest BCUT2D eigenvalue weighted by Crippen LogP contribution is -1.99. The Balaban J connectivity index is 1.85. The van der Waals surface area contributed by atoms with Gasteiger partial charge in [-0.2, -0.15) is 5.10 Å². The van der Waals surface area contributed by atoms with E-state index in [4.69, 9.17) is 0 Å². The molecule has 0 saturated carbocycles. The fourth-order valence-corrected chi connectivity index (χ4v) is 2.14. The molecule has 0 atom stereocenters. The van der Waals surface area contributed by atoms with Gasteiger partial charge in [-0.15, -0.1) is 0 Å². The molecule has 0 fully saturated rings. The molecule has 3 aromatic rings. The van der Waals surface area contributed by atoms with E-state index in [2.05, 4.69) is 37.4 Å². The Kier molecular flexibility index (Phi) is 2.98. The molecular weight excluding hydrogens is 292 g/mol. The molecule has 0 bridgehead atoms. The average Bonchev–Trinajstić information content (AvgIpc) is 2.80. The Bertz CT molecular complexity index is 663. The second-order valence-electron chi connectivity index (χ2n) is 3.94. The highest BCUT2D eigenvalue weighted by molar-refractivity contribution is 9.10. The zero-order chi connectivity index (χ0) is 12.4. The normalized spacial score (nSPS) is 10.7.